The molecule has 3 heteroatoms. The number of rotatable bonds is 1. The zero-order chi connectivity index (χ0) is 17.5. The Morgan fingerprint density at radius 1 is 0.704 bits per heavy atom. The van der Waals surface area contributed by atoms with Crippen molar-refractivity contribution in [2.75, 3.05) is 0 Å². The average Bonchev–Trinajstić information content (AvgIpc) is 2.71. The average molecular weight is 367 g/mol. The number of nitriles is 1. The van der Waals surface area contributed by atoms with Gasteiger partial charge in [0.05, 0.1) is 16.6 Å². The number of pyridine rings is 1. The summed E-state index contributed by atoms with van der Waals surface area (Å²) < 4.78 is 0. The summed E-state index contributed by atoms with van der Waals surface area (Å²) in [7, 11) is 0. The number of benzene rings is 4. The second-order valence-corrected chi connectivity index (χ2v) is 6.35. The third kappa shape index (κ3) is 2.61. The quantitative estimate of drug-likeness (QED) is 0.317. The summed E-state index contributed by atoms with van der Waals surface area (Å²) >= 11 is 0. The van der Waals surface area contributed by atoms with E-state index >= 15 is 0 Å². The fraction of sp³-hybridized carbons (Fsp3) is 0. The van der Waals surface area contributed by atoms with Gasteiger partial charge in [-0.3, -0.25) is 0 Å². The van der Waals surface area contributed by atoms with E-state index in [2.05, 4.69) is 36.4 Å². The van der Waals surface area contributed by atoms with Crippen LogP contribution in [0.4, 0.5) is 0 Å². The number of aromatic nitrogens is 1. The Labute approximate surface area is 163 Å². The van der Waals surface area contributed by atoms with Crippen molar-refractivity contribution < 1.29 is 0 Å². The molecule has 0 aliphatic rings. The molecule has 5 aromatic rings. The maximum atomic E-state index is 9.88. The summed E-state index contributed by atoms with van der Waals surface area (Å²) in [5, 5.41) is 14.0. The Morgan fingerprint density at radius 3 is 2.15 bits per heavy atom. The number of para-hydroxylation sites is 1. The molecule has 0 amide bonds. The van der Waals surface area contributed by atoms with Gasteiger partial charge < -0.3 is 0 Å². The highest BCUT2D eigenvalue weighted by Gasteiger charge is 2.15. The number of hydrogen-bond donors (Lipinski definition) is 0. The minimum absolute atomic E-state index is 0. The summed E-state index contributed by atoms with van der Waals surface area (Å²) in [6.07, 6.45) is 0. The predicted octanol–water partition coefficient (Wildman–Crippen LogP) is 6.50. The molecule has 0 aliphatic heterocycles. The van der Waals surface area contributed by atoms with Gasteiger partial charge in [-0.2, -0.15) is 5.26 Å². The normalized spacial score (nSPS) is 10.6. The van der Waals surface area contributed by atoms with Crippen LogP contribution < -0.4 is 0 Å². The topological polar surface area (TPSA) is 36.7 Å². The highest BCUT2D eigenvalue weighted by molar-refractivity contribution is 6.15. The zero-order valence-electron chi connectivity index (χ0n) is 14.4. The van der Waals surface area contributed by atoms with Gasteiger partial charge in [-0.25, -0.2) is 4.98 Å². The van der Waals surface area contributed by atoms with Gasteiger partial charge in [-0.1, -0.05) is 72.8 Å². The van der Waals surface area contributed by atoms with Crippen molar-refractivity contribution >= 4 is 45.0 Å². The molecule has 128 valence electrons. The zero-order valence-corrected chi connectivity index (χ0v) is 15.2. The van der Waals surface area contributed by atoms with Crippen LogP contribution >= 0.6 is 12.4 Å². The maximum Gasteiger partial charge on any atom is 0.102 e. The molecule has 0 N–H and O–H groups in total. The minimum atomic E-state index is 0. The smallest absolute Gasteiger partial charge is 0.102 e. The molecule has 0 atom stereocenters. The van der Waals surface area contributed by atoms with Crippen LogP contribution in [0.25, 0.3) is 43.7 Å². The van der Waals surface area contributed by atoms with Crippen LogP contribution in [0.5, 0.6) is 0 Å². The summed E-state index contributed by atoms with van der Waals surface area (Å²) in [5.41, 5.74) is 4.58. The van der Waals surface area contributed by atoms with Crippen LogP contribution in [-0.2, 0) is 0 Å². The standard InChI is InChI=1S/C24H14N2.ClH/c25-15-21-18-11-5-4-10-17(18)14-20-23(16-8-2-1-3-9-16)19-12-6-7-13-22(19)26-24(20)21;/h1-14H;1H. The van der Waals surface area contributed by atoms with E-state index in [0.717, 1.165) is 43.7 Å². The van der Waals surface area contributed by atoms with Crippen molar-refractivity contribution in [3.05, 3.63) is 90.5 Å². The molecule has 0 saturated carbocycles. The van der Waals surface area contributed by atoms with Crippen molar-refractivity contribution in [1.29, 1.82) is 5.26 Å². The Morgan fingerprint density at radius 2 is 1.37 bits per heavy atom. The molecule has 0 bridgehead atoms. The lowest BCUT2D eigenvalue weighted by atomic mass is 9.92. The molecule has 5 rings (SSSR count). The third-order valence-corrected chi connectivity index (χ3v) is 4.87. The molecule has 0 spiro atoms. The van der Waals surface area contributed by atoms with Crippen molar-refractivity contribution in [1.82, 2.24) is 4.98 Å². The van der Waals surface area contributed by atoms with Gasteiger partial charge in [-0.05, 0) is 23.1 Å². The van der Waals surface area contributed by atoms with Gasteiger partial charge in [0, 0.05) is 21.7 Å². The molecule has 1 aromatic heterocycles. The second-order valence-electron chi connectivity index (χ2n) is 6.35. The Bertz CT molecular complexity index is 1340. The molecular weight excluding hydrogens is 352 g/mol. The fourth-order valence-corrected chi connectivity index (χ4v) is 3.72. The van der Waals surface area contributed by atoms with Gasteiger partial charge >= 0.3 is 0 Å². The first-order valence-electron chi connectivity index (χ1n) is 8.56. The largest absolute Gasteiger partial charge is 0.246 e. The highest BCUT2D eigenvalue weighted by Crippen LogP contribution is 2.38. The summed E-state index contributed by atoms with van der Waals surface area (Å²) in [5.74, 6) is 0. The van der Waals surface area contributed by atoms with Gasteiger partial charge in [0.25, 0.3) is 0 Å². The van der Waals surface area contributed by atoms with Crippen LogP contribution in [0.1, 0.15) is 5.56 Å². The van der Waals surface area contributed by atoms with E-state index in [0.29, 0.717) is 5.56 Å². The lowest BCUT2D eigenvalue weighted by molar-refractivity contribution is 1.46. The number of fused-ring (bicyclic) bond motifs is 3. The number of nitrogens with zero attached hydrogens (tertiary/aromatic N) is 2. The SMILES string of the molecule is Cl.N#Cc1c2ccccc2cc2c(-c3ccccc3)c3ccccc3nc12. The van der Waals surface area contributed by atoms with Crippen LogP contribution in [0, 0.1) is 11.3 Å². The molecule has 0 unspecified atom stereocenters. The van der Waals surface area contributed by atoms with Gasteiger partial charge in [0.15, 0.2) is 0 Å². The molecule has 0 fully saturated rings. The van der Waals surface area contributed by atoms with Crippen LogP contribution in [0.3, 0.4) is 0 Å². The van der Waals surface area contributed by atoms with Crippen molar-refractivity contribution in [3.63, 3.8) is 0 Å². The summed E-state index contributed by atoms with van der Waals surface area (Å²) in [6.45, 7) is 0. The number of hydrogen-bond acceptors (Lipinski definition) is 2. The van der Waals surface area contributed by atoms with Gasteiger partial charge in [0.2, 0.25) is 0 Å². The van der Waals surface area contributed by atoms with Gasteiger partial charge in [0.1, 0.15) is 6.07 Å². The van der Waals surface area contributed by atoms with E-state index in [4.69, 9.17) is 4.98 Å². The van der Waals surface area contributed by atoms with Gasteiger partial charge in [-0.15, -0.1) is 12.4 Å². The minimum Gasteiger partial charge on any atom is -0.246 e. The summed E-state index contributed by atoms with van der Waals surface area (Å²) in [4.78, 5) is 4.86. The van der Waals surface area contributed by atoms with Crippen LogP contribution in [0.15, 0.2) is 84.9 Å². The first-order chi connectivity index (χ1) is 12.9. The first kappa shape index (κ1) is 17.0. The van der Waals surface area contributed by atoms with E-state index in [1.165, 1.54) is 0 Å². The Balaban J connectivity index is 0.00000180. The summed E-state index contributed by atoms with van der Waals surface area (Å²) in [6, 6.07) is 31.0. The molecule has 2 nitrogen and oxygen atoms in total. The van der Waals surface area contributed by atoms with E-state index in [9.17, 15) is 5.26 Å². The second kappa shape index (κ2) is 6.72. The van der Waals surface area contributed by atoms with Crippen molar-refractivity contribution in [2.24, 2.45) is 0 Å². The van der Waals surface area contributed by atoms with Crippen molar-refractivity contribution in [2.45, 2.75) is 0 Å². The first-order valence-corrected chi connectivity index (χ1v) is 8.56. The van der Waals surface area contributed by atoms with Crippen molar-refractivity contribution in [3.8, 4) is 17.2 Å². The third-order valence-electron chi connectivity index (χ3n) is 4.87. The monoisotopic (exact) mass is 366 g/mol. The lowest BCUT2D eigenvalue weighted by Crippen LogP contribution is -1.93. The molecule has 27 heavy (non-hydrogen) atoms. The van der Waals surface area contributed by atoms with E-state index in [-0.39, 0.29) is 12.4 Å². The fourth-order valence-electron chi connectivity index (χ4n) is 3.72. The maximum absolute atomic E-state index is 9.88. The molecule has 0 aliphatic carbocycles. The predicted molar refractivity (Wildman–Crippen MR) is 114 cm³/mol. The molecule has 1 heterocycles. The lowest BCUT2D eigenvalue weighted by Gasteiger charge is -2.13. The van der Waals surface area contributed by atoms with E-state index < -0.39 is 0 Å². The molecule has 0 saturated heterocycles. The highest BCUT2D eigenvalue weighted by atomic mass is 35.5. The Hall–Kier alpha value is -3.41. The van der Waals surface area contributed by atoms with Crippen LogP contribution in [-0.4, -0.2) is 4.98 Å². The molecule has 4 aromatic carbocycles. The number of halogens is 1. The Kier molecular flexibility index (Phi) is 4.24. The van der Waals surface area contributed by atoms with Crippen LogP contribution in [0.2, 0.25) is 0 Å². The molecule has 0 radical (unpaired) electrons. The van der Waals surface area contributed by atoms with E-state index in [1.807, 2.05) is 54.6 Å². The van der Waals surface area contributed by atoms with E-state index in [1.54, 1.807) is 0 Å². The molecular formula is C24H15ClN2.